The molecule has 1 atom stereocenters. The Morgan fingerprint density at radius 2 is 1.94 bits per heavy atom. The molecule has 0 aliphatic carbocycles. The van der Waals surface area contributed by atoms with Gasteiger partial charge in [0, 0.05) is 6.42 Å². The highest BCUT2D eigenvalue weighted by atomic mass is 32.2. The molecule has 0 saturated carbocycles. The monoisotopic (exact) mass is 253 g/mol. The molecule has 3 N–H and O–H groups in total. The summed E-state index contributed by atoms with van der Waals surface area (Å²) in [7, 11) is -3.42. The van der Waals surface area contributed by atoms with Crippen LogP contribution < -0.4 is 5.73 Å². The van der Waals surface area contributed by atoms with Crippen molar-refractivity contribution in [2.75, 3.05) is 18.1 Å². The van der Waals surface area contributed by atoms with E-state index in [-0.39, 0.29) is 24.5 Å². The minimum Gasteiger partial charge on any atom is -0.479 e. The maximum atomic E-state index is 11.3. The zero-order valence-corrected chi connectivity index (χ0v) is 9.70. The summed E-state index contributed by atoms with van der Waals surface area (Å²) in [6.07, 6.45) is -1.29. The second kappa shape index (κ2) is 6.44. The van der Waals surface area contributed by atoms with Gasteiger partial charge in [0.05, 0.1) is 18.1 Å². The molecule has 0 unspecified atom stereocenters. The Labute approximate surface area is 93.5 Å². The molecule has 0 heterocycles. The zero-order chi connectivity index (χ0) is 12.8. The van der Waals surface area contributed by atoms with Crippen LogP contribution in [-0.4, -0.2) is 49.6 Å². The van der Waals surface area contributed by atoms with Gasteiger partial charge in [0.15, 0.2) is 15.9 Å². The third-order valence-corrected chi connectivity index (χ3v) is 3.38. The predicted octanol–water partition coefficient (Wildman–Crippen LogP) is -1.23. The smallest absolute Gasteiger partial charge is 0.332 e. The molecule has 0 aromatic carbocycles. The van der Waals surface area contributed by atoms with Crippen LogP contribution in [0.1, 0.15) is 13.3 Å². The summed E-state index contributed by atoms with van der Waals surface area (Å²) in [6.45, 7) is 1.09. The molecule has 0 aliphatic heterocycles. The first-order valence-corrected chi connectivity index (χ1v) is 6.40. The topological polar surface area (TPSA) is 124 Å². The lowest BCUT2D eigenvalue weighted by Crippen LogP contribution is -2.25. The fraction of sp³-hybridized carbons (Fsp3) is 0.750. The van der Waals surface area contributed by atoms with Crippen LogP contribution >= 0.6 is 0 Å². The number of primary amides is 1. The van der Waals surface area contributed by atoms with Gasteiger partial charge in [-0.15, -0.1) is 0 Å². The number of carbonyl (C=O) groups excluding carboxylic acids is 1. The van der Waals surface area contributed by atoms with E-state index in [9.17, 15) is 18.0 Å². The lowest BCUT2D eigenvalue weighted by Gasteiger charge is -2.08. The van der Waals surface area contributed by atoms with Crippen molar-refractivity contribution in [1.82, 2.24) is 0 Å². The van der Waals surface area contributed by atoms with E-state index >= 15 is 0 Å². The lowest BCUT2D eigenvalue weighted by atomic mass is 10.4. The number of aliphatic carboxylic acids is 1. The maximum Gasteiger partial charge on any atom is 0.332 e. The number of hydrogen-bond acceptors (Lipinski definition) is 5. The van der Waals surface area contributed by atoms with E-state index in [1.165, 1.54) is 6.92 Å². The number of nitrogens with two attached hydrogens (primary N) is 1. The molecule has 0 fully saturated rings. The van der Waals surface area contributed by atoms with Gasteiger partial charge >= 0.3 is 5.97 Å². The van der Waals surface area contributed by atoms with E-state index in [1.54, 1.807) is 0 Å². The number of hydrogen-bond donors (Lipinski definition) is 2. The van der Waals surface area contributed by atoms with E-state index in [0.717, 1.165) is 0 Å². The number of carboxylic acid groups (broad SMARTS) is 1. The number of carbonyl (C=O) groups is 2. The van der Waals surface area contributed by atoms with Crippen LogP contribution in [0.2, 0.25) is 0 Å². The first-order valence-electron chi connectivity index (χ1n) is 4.58. The summed E-state index contributed by atoms with van der Waals surface area (Å²) >= 11 is 0. The second-order valence-corrected chi connectivity index (χ2v) is 5.52. The van der Waals surface area contributed by atoms with Crippen LogP contribution in [0.4, 0.5) is 0 Å². The SMILES string of the molecule is C[C@@H](OCCS(=O)(=O)CCC(N)=O)C(=O)O. The highest BCUT2D eigenvalue weighted by Crippen LogP contribution is 1.97. The van der Waals surface area contributed by atoms with Gasteiger partial charge in [-0.3, -0.25) is 4.79 Å². The van der Waals surface area contributed by atoms with Crippen molar-refractivity contribution in [3.05, 3.63) is 0 Å². The number of sulfone groups is 1. The number of rotatable bonds is 8. The molecule has 0 aliphatic rings. The molecule has 0 saturated heterocycles. The first kappa shape index (κ1) is 14.8. The van der Waals surface area contributed by atoms with Crippen molar-refractivity contribution >= 4 is 21.7 Å². The van der Waals surface area contributed by atoms with Crippen molar-refractivity contribution in [2.24, 2.45) is 5.73 Å². The van der Waals surface area contributed by atoms with E-state index < -0.39 is 27.8 Å². The summed E-state index contributed by atoms with van der Waals surface area (Å²) in [4.78, 5) is 20.7. The second-order valence-electron chi connectivity index (χ2n) is 3.22. The number of ether oxygens (including phenoxy) is 1. The average molecular weight is 253 g/mol. The highest BCUT2D eigenvalue weighted by molar-refractivity contribution is 7.91. The Bertz CT molecular complexity index is 350. The molecule has 0 bridgehead atoms. The molecule has 8 heteroatoms. The van der Waals surface area contributed by atoms with Crippen molar-refractivity contribution in [3.8, 4) is 0 Å². The molecule has 0 aromatic heterocycles. The van der Waals surface area contributed by atoms with Gasteiger partial charge in [-0.1, -0.05) is 0 Å². The van der Waals surface area contributed by atoms with Crippen LogP contribution in [0, 0.1) is 0 Å². The van der Waals surface area contributed by atoms with Crippen LogP contribution in [0.5, 0.6) is 0 Å². The molecule has 0 spiro atoms. The van der Waals surface area contributed by atoms with Crippen molar-refractivity contribution in [2.45, 2.75) is 19.4 Å². The van der Waals surface area contributed by atoms with E-state index in [2.05, 4.69) is 0 Å². The van der Waals surface area contributed by atoms with Gasteiger partial charge in [-0.2, -0.15) is 0 Å². The van der Waals surface area contributed by atoms with E-state index in [1.807, 2.05) is 0 Å². The molecule has 0 rings (SSSR count). The highest BCUT2D eigenvalue weighted by Gasteiger charge is 2.15. The number of amides is 1. The minimum absolute atomic E-state index is 0.214. The largest absolute Gasteiger partial charge is 0.479 e. The van der Waals surface area contributed by atoms with Crippen molar-refractivity contribution < 1.29 is 27.9 Å². The molecule has 16 heavy (non-hydrogen) atoms. The van der Waals surface area contributed by atoms with Crippen LogP contribution in [0.25, 0.3) is 0 Å². The summed E-state index contributed by atoms with van der Waals surface area (Å²) in [5.41, 5.74) is 4.80. The van der Waals surface area contributed by atoms with Crippen LogP contribution in [0.3, 0.4) is 0 Å². The molecular formula is C8H15NO6S. The third kappa shape index (κ3) is 7.18. The summed E-state index contributed by atoms with van der Waals surface area (Å²) < 4.78 is 27.3. The summed E-state index contributed by atoms with van der Waals surface area (Å²) in [5.74, 6) is -2.51. The Morgan fingerprint density at radius 1 is 1.38 bits per heavy atom. The Kier molecular flexibility index (Phi) is 5.97. The van der Waals surface area contributed by atoms with Crippen LogP contribution in [0.15, 0.2) is 0 Å². The Balaban J connectivity index is 3.91. The molecule has 0 aromatic rings. The van der Waals surface area contributed by atoms with Gasteiger partial charge in [0.1, 0.15) is 0 Å². The van der Waals surface area contributed by atoms with E-state index in [4.69, 9.17) is 15.6 Å². The predicted molar refractivity (Wildman–Crippen MR) is 55.5 cm³/mol. The van der Waals surface area contributed by atoms with Crippen LogP contribution in [-0.2, 0) is 24.2 Å². The third-order valence-electron chi connectivity index (χ3n) is 1.77. The standard InChI is InChI=1S/C8H15NO6S/c1-6(8(11)12)15-3-5-16(13,14)4-2-7(9)10/h6H,2-5H2,1H3,(H2,9,10)(H,11,12)/t6-/m1/s1. The van der Waals surface area contributed by atoms with Gasteiger partial charge in [0.25, 0.3) is 0 Å². The molecule has 94 valence electrons. The summed E-state index contributed by atoms with van der Waals surface area (Å²) in [6, 6.07) is 0. The van der Waals surface area contributed by atoms with Crippen molar-refractivity contribution in [1.29, 1.82) is 0 Å². The fourth-order valence-electron chi connectivity index (χ4n) is 0.781. The van der Waals surface area contributed by atoms with Gasteiger partial charge < -0.3 is 15.6 Å². The average Bonchev–Trinajstić information content (AvgIpc) is 2.14. The quantitative estimate of drug-likeness (QED) is 0.558. The fourth-order valence-corrected chi connectivity index (χ4v) is 1.85. The van der Waals surface area contributed by atoms with Gasteiger partial charge in [0.2, 0.25) is 5.91 Å². The summed E-state index contributed by atoms with van der Waals surface area (Å²) in [5, 5.41) is 8.45. The minimum atomic E-state index is -3.42. The first-order chi connectivity index (χ1) is 7.24. The van der Waals surface area contributed by atoms with E-state index in [0.29, 0.717) is 0 Å². The maximum absolute atomic E-state index is 11.3. The molecule has 0 radical (unpaired) electrons. The molecular weight excluding hydrogens is 238 g/mol. The normalized spacial score (nSPS) is 13.3. The molecule has 7 nitrogen and oxygen atoms in total. The Hall–Kier alpha value is -1.15. The Morgan fingerprint density at radius 3 is 2.38 bits per heavy atom. The lowest BCUT2D eigenvalue weighted by molar-refractivity contribution is -0.148. The molecule has 1 amide bonds. The van der Waals surface area contributed by atoms with Gasteiger partial charge in [-0.05, 0) is 6.92 Å². The zero-order valence-electron chi connectivity index (χ0n) is 8.88. The van der Waals surface area contributed by atoms with Crippen molar-refractivity contribution in [3.63, 3.8) is 0 Å². The number of carboxylic acids is 1. The van der Waals surface area contributed by atoms with Gasteiger partial charge in [-0.25, -0.2) is 13.2 Å².